The lowest BCUT2D eigenvalue weighted by molar-refractivity contribution is -0.141. The Kier molecular flexibility index (Phi) is 6.29. The van der Waals surface area contributed by atoms with Gasteiger partial charge >= 0.3 is 5.97 Å². The first-order valence-corrected chi connectivity index (χ1v) is 9.41. The van der Waals surface area contributed by atoms with E-state index in [-0.39, 0.29) is 18.3 Å². The van der Waals surface area contributed by atoms with Gasteiger partial charge in [-0.2, -0.15) is 0 Å². The van der Waals surface area contributed by atoms with Gasteiger partial charge in [0, 0.05) is 17.0 Å². The predicted octanol–water partition coefficient (Wildman–Crippen LogP) is 3.82. The monoisotopic (exact) mass is 429 g/mol. The van der Waals surface area contributed by atoms with Crippen LogP contribution in [0.4, 0.5) is 0 Å². The molecule has 1 N–H and O–H groups in total. The van der Waals surface area contributed by atoms with Crippen LogP contribution in [0.25, 0.3) is 6.08 Å². The SMILES string of the molecule is COC(=O)CC(NC(=O)/C=C/c1ccc2c(c1)CCO2)c1cccc(Br)c1. The highest BCUT2D eigenvalue weighted by Gasteiger charge is 2.18. The summed E-state index contributed by atoms with van der Waals surface area (Å²) < 4.78 is 11.1. The van der Waals surface area contributed by atoms with Crippen LogP contribution in [-0.4, -0.2) is 25.6 Å². The summed E-state index contributed by atoms with van der Waals surface area (Å²) in [5.41, 5.74) is 2.91. The highest BCUT2D eigenvalue weighted by Crippen LogP contribution is 2.26. The maximum atomic E-state index is 12.4. The fraction of sp³-hybridized carbons (Fsp3) is 0.238. The number of esters is 1. The first kappa shape index (κ1) is 19.2. The average Bonchev–Trinajstić information content (AvgIpc) is 3.13. The molecule has 2 aromatic rings. The van der Waals surface area contributed by atoms with Crippen LogP contribution in [0, 0.1) is 0 Å². The topological polar surface area (TPSA) is 64.6 Å². The van der Waals surface area contributed by atoms with E-state index in [1.807, 2.05) is 42.5 Å². The van der Waals surface area contributed by atoms with Gasteiger partial charge in [0.2, 0.25) is 5.91 Å². The van der Waals surface area contributed by atoms with Crippen LogP contribution in [-0.2, 0) is 20.7 Å². The molecular weight excluding hydrogens is 410 g/mol. The second kappa shape index (κ2) is 8.86. The van der Waals surface area contributed by atoms with Gasteiger partial charge in [-0.25, -0.2) is 0 Å². The van der Waals surface area contributed by atoms with E-state index < -0.39 is 6.04 Å². The molecule has 1 aliphatic heterocycles. The van der Waals surface area contributed by atoms with Crippen molar-refractivity contribution in [3.63, 3.8) is 0 Å². The van der Waals surface area contributed by atoms with Crippen LogP contribution in [0.3, 0.4) is 0 Å². The number of rotatable bonds is 6. The number of halogens is 1. The number of methoxy groups -OCH3 is 1. The summed E-state index contributed by atoms with van der Waals surface area (Å²) >= 11 is 3.41. The molecule has 1 aliphatic rings. The molecular formula is C21H20BrNO4. The van der Waals surface area contributed by atoms with Gasteiger partial charge in [-0.05, 0) is 47.0 Å². The fourth-order valence-corrected chi connectivity index (χ4v) is 3.34. The molecule has 1 amide bonds. The number of benzene rings is 2. The molecule has 0 fully saturated rings. The van der Waals surface area contributed by atoms with E-state index >= 15 is 0 Å². The van der Waals surface area contributed by atoms with Crippen molar-refractivity contribution in [1.82, 2.24) is 5.32 Å². The Labute approximate surface area is 166 Å². The number of amides is 1. The van der Waals surface area contributed by atoms with Crippen LogP contribution >= 0.6 is 15.9 Å². The van der Waals surface area contributed by atoms with Crippen molar-refractivity contribution in [2.45, 2.75) is 18.9 Å². The smallest absolute Gasteiger partial charge is 0.307 e. The fourth-order valence-electron chi connectivity index (χ4n) is 2.93. The number of carbonyl (C=O) groups is 2. The van der Waals surface area contributed by atoms with Gasteiger partial charge < -0.3 is 14.8 Å². The minimum atomic E-state index is -0.472. The summed E-state index contributed by atoms with van der Waals surface area (Å²) in [6, 6.07) is 12.9. The third-order valence-corrected chi connectivity index (χ3v) is 4.80. The maximum absolute atomic E-state index is 12.4. The number of hydrogen-bond acceptors (Lipinski definition) is 4. The lowest BCUT2D eigenvalue weighted by Crippen LogP contribution is -2.29. The first-order valence-electron chi connectivity index (χ1n) is 8.62. The maximum Gasteiger partial charge on any atom is 0.307 e. The predicted molar refractivity (Wildman–Crippen MR) is 106 cm³/mol. The van der Waals surface area contributed by atoms with Crippen molar-refractivity contribution >= 4 is 33.9 Å². The van der Waals surface area contributed by atoms with Crippen molar-refractivity contribution in [2.24, 2.45) is 0 Å². The quantitative estimate of drug-likeness (QED) is 0.559. The Morgan fingerprint density at radius 2 is 2.15 bits per heavy atom. The van der Waals surface area contributed by atoms with Gasteiger partial charge in [0.15, 0.2) is 0 Å². The molecule has 0 spiro atoms. The van der Waals surface area contributed by atoms with Crippen LogP contribution in [0.5, 0.6) is 5.75 Å². The molecule has 1 atom stereocenters. The van der Waals surface area contributed by atoms with Crippen LogP contribution < -0.4 is 10.1 Å². The van der Waals surface area contributed by atoms with E-state index in [4.69, 9.17) is 9.47 Å². The van der Waals surface area contributed by atoms with Gasteiger partial charge in [-0.1, -0.05) is 34.1 Å². The summed E-state index contributed by atoms with van der Waals surface area (Å²) in [5.74, 6) is 0.243. The largest absolute Gasteiger partial charge is 0.493 e. The highest BCUT2D eigenvalue weighted by molar-refractivity contribution is 9.10. The zero-order chi connectivity index (χ0) is 19.2. The molecule has 1 heterocycles. The van der Waals surface area contributed by atoms with E-state index in [1.54, 1.807) is 6.08 Å². The van der Waals surface area contributed by atoms with Gasteiger partial charge in [-0.15, -0.1) is 0 Å². The molecule has 0 radical (unpaired) electrons. The molecule has 0 saturated heterocycles. The molecule has 0 aliphatic carbocycles. The molecule has 0 saturated carbocycles. The third kappa shape index (κ3) is 5.20. The van der Waals surface area contributed by atoms with E-state index in [2.05, 4.69) is 21.2 Å². The minimum Gasteiger partial charge on any atom is -0.493 e. The Balaban J connectivity index is 1.70. The summed E-state index contributed by atoms with van der Waals surface area (Å²) in [7, 11) is 1.33. The summed E-state index contributed by atoms with van der Waals surface area (Å²) in [5, 5.41) is 2.88. The normalized spacial score (nSPS) is 13.7. The molecule has 6 heteroatoms. The van der Waals surface area contributed by atoms with Crippen molar-refractivity contribution in [3.8, 4) is 5.75 Å². The van der Waals surface area contributed by atoms with Crippen LogP contribution in [0.2, 0.25) is 0 Å². The molecule has 0 aromatic heterocycles. The van der Waals surface area contributed by atoms with Crippen molar-refractivity contribution in [2.75, 3.05) is 13.7 Å². The Morgan fingerprint density at radius 3 is 2.93 bits per heavy atom. The summed E-state index contributed by atoms with van der Waals surface area (Å²) in [4.78, 5) is 24.1. The minimum absolute atomic E-state index is 0.0583. The summed E-state index contributed by atoms with van der Waals surface area (Å²) in [6.07, 6.45) is 4.17. The Morgan fingerprint density at radius 1 is 1.30 bits per heavy atom. The van der Waals surface area contributed by atoms with E-state index in [0.29, 0.717) is 6.61 Å². The second-order valence-electron chi connectivity index (χ2n) is 6.20. The van der Waals surface area contributed by atoms with Crippen LogP contribution in [0.15, 0.2) is 53.0 Å². The third-order valence-electron chi connectivity index (χ3n) is 4.31. The molecule has 3 rings (SSSR count). The molecule has 1 unspecified atom stereocenters. The van der Waals surface area contributed by atoms with Crippen molar-refractivity contribution in [3.05, 3.63) is 69.7 Å². The molecule has 0 bridgehead atoms. The van der Waals surface area contributed by atoms with Gasteiger partial charge in [-0.3, -0.25) is 9.59 Å². The lowest BCUT2D eigenvalue weighted by Gasteiger charge is -2.17. The van der Waals surface area contributed by atoms with Crippen molar-refractivity contribution < 1.29 is 19.1 Å². The molecule has 140 valence electrons. The summed E-state index contributed by atoms with van der Waals surface area (Å²) in [6.45, 7) is 0.699. The zero-order valence-electron chi connectivity index (χ0n) is 14.9. The number of fused-ring (bicyclic) bond motifs is 1. The van der Waals surface area contributed by atoms with E-state index in [1.165, 1.54) is 13.2 Å². The van der Waals surface area contributed by atoms with E-state index in [0.717, 1.165) is 33.3 Å². The molecule has 27 heavy (non-hydrogen) atoms. The zero-order valence-corrected chi connectivity index (χ0v) is 16.5. The van der Waals surface area contributed by atoms with Gasteiger partial charge in [0.1, 0.15) is 5.75 Å². The van der Waals surface area contributed by atoms with Gasteiger partial charge in [0.25, 0.3) is 0 Å². The standard InChI is InChI=1S/C21H20BrNO4/c1-26-21(25)13-18(15-3-2-4-17(22)12-15)23-20(24)8-6-14-5-7-19-16(11-14)9-10-27-19/h2-8,11-12,18H,9-10,13H2,1H3,(H,23,24)/b8-6+. The van der Waals surface area contributed by atoms with Crippen LogP contribution in [0.1, 0.15) is 29.2 Å². The molecule has 2 aromatic carbocycles. The first-order chi connectivity index (χ1) is 13.0. The number of nitrogens with one attached hydrogen (secondary N) is 1. The molecule has 5 nitrogen and oxygen atoms in total. The van der Waals surface area contributed by atoms with Gasteiger partial charge in [0.05, 0.1) is 26.2 Å². The lowest BCUT2D eigenvalue weighted by atomic mass is 10.0. The Bertz CT molecular complexity index is 878. The Hall–Kier alpha value is -2.60. The van der Waals surface area contributed by atoms with E-state index in [9.17, 15) is 9.59 Å². The highest BCUT2D eigenvalue weighted by atomic mass is 79.9. The number of carbonyl (C=O) groups excluding carboxylic acids is 2. The van der Waals surface area contributed by atoms with Crippen molar-refractivity contribution in [1.29, 1.82) is 0 Å². The average molecular weight is 430 g/mol. The number of hydrogen-bond donors (Lipinski definition) is 1. The number of ether oxygens (including phenoxy) is 2. The second-order valence-corrected chi connectivity index (χ2v) is 7.11.